The van der Waals surface area contributed by atoms with Gasteiger partial charge in [-0.05, 0) is 24.3 Å². The summed E-state index contributed by atoms with van der Waals surface area (Å²) < 4.78 is 12.0. The minimum absolute atomic E-state index is 0.162. The van der Waals surface area contributed by atoms with Crippen LogP contribution in [-0.2, 0) is 11.8 Å². The molecule has 0 aliphatic carbocycles. The normalized spacial score (nSPS) is 12.2. The number of ether oxygens (including phenoxy) is 2. The Labute approximate surface area is 114 Å². The van der Waals surface area contributed by atoms with Crippen molar-refractivity contribution in [2.75, 3.05) is 12.1 Å². The lowest BCUT2D eigenvalue weighted by atomic mass is 10.2. The van der Waals surface area contributed by atoms with Crippen LogP contribution in [-0.4, -0.2) is 23.1 Å². The molecule has 20 heavy (non-hydrogen) atoms. The number of carbonyl (C=O) groups excluding carboxylic acids is 2. The van der Waals surface area contributed by atoms with Gasteiger partial charge in [0.25, 0.3) is 11.7 Å². The zero-order valence-corrected chi connectivity index (χ0v) is 10.8. The maximum absolute atomic E-state index is 12.0. The number of hydrogen-bond donors (Lipinski definition) is 1. The van der Waals surface area contributed by atoms with Crippen LogP contribution >= 0.6 is 0 Å². The topological polar surface area (TPSA) is 69.6 Å². The number of ketones is 1. The SMILES string of the molecule is Cn1cccc1C(=O)C(=O)Nc1ccc2c(c1)OCO2. The summed E-state index contributed by atoms with van der Waals surface area (Å²) in [5.74, 6) is -0.105. The van der Waals surface area contributed by atoms with Gasteiger partial charge in [0.1, 0.15) is 0 Å². The summed E-state index contributed by atoms with van der Waals surface area (Å²) in [4.78, 5) is 23.9. The van der Waals surface area contributed by atoms with Crippen molar-refractivity contribution in [2.45, 2.75) is 0 Å². The van der Waals surface area contributed by atoms with Crippen molar-refractivity contribution in [3.63, 3.8) is 0 Å². The van der Waals surface area contributed by atoms with Crippen LogP contribution in [0.5, 0.6) is 11.5 Å². The van der Waals surface area contributed by atoms with E-state index >= 15 is 0 Å². The van der Waals surface area contributed by atoms with Crippen LogP contribution < -0.4 is 14.8 Å². The highest BCUT2D eigenvalue weighted by Gasteiger charge is 2.20. The average Bonchev–Trinajstić information content (AvgIpc) is 3.05. The van der Waals surface area contributed by atoms with Crippen LogP contribution in [0.25, 0.3) is 0 Å². The smallest absolute Gasteiger partial charge is 0.298 e. The van der Waals surface area contributed by atoms with Gasteiger partial charge >= 0.3 is 0 Å². The fourth-order valence-corrected chi connectivity index (χ4v) is 1.98. The monoisotopic (exact) mass is 272 g/mol. The molecule has 1 amide bonds. The van der Waals surface area contributed by atoms with E-state index in [9.17, 15) is 9.59 Å². The lowest BCUT2D eigenvalue weighted by Gasteiger charge is -2.06. The van der Waals surface area contributed by atoms with Crippen LogP contribution in [0.2, 0.25) is 0 Å². The fourth-order valence-electron chi connectivity index (χ4n) is 1.98. The van der Waals surface area contributed by atoms with E-state index in [1.165, 1.54) is 0 Å². The molecule has 102 valence electrons. The van der Waals surface area contributed by atoms with Gasteiger partial charge in [-0.1, -0.05) is 0 Å². The Kier molecular flexibility index (Phi) is 2.90. The van der Waals surface area contributed by atoms with Gasteiger partial charge in [0.2, 0.25) is 6.79 Å². The molecule has 2 aromatic rings. The van der Waals surface area contributed by atoms with E-state index in [1.807, 2.05) is 0 Å². The molecule has 0 saturated heterocycles. The van der Waals surface area contributed by atoms with E-state index in [0.717, 1.165) is 0 Å². The number of fused-ring (bicyclic) bond motifs is 1. The quantitative estimate of drug-likeness (QED) is 0.680. The summed E-state index contributed by atoms with van der Waals surface area (Å²) in [6, 6.07) is 8.27. The molecule has 1 N–H and O–H groups in total. The van der Waals surface area contributed by atoms with E-state index in [0.29, 0.717) is 22.9 Å². The molecule has 0 bridgehead atoms. The number of hydrogen-bond acceptors (Lipinski definition) is 4. The number of amides is 1. The number of carbonyl (C=O) groups is 2. The third-order valence-corrected chi connectivity index (χ3v) is 3.01. The predicted molar refractivity (Wildman–Crippen MR) is 70.9 cm³/mol. The molecule has 0 spiro atoms. The van der Waals surface area contributed by atoms with E-state index < -0.39 is 11.7 Å². The van der Waals surface area contributed by atoms with E-state index in [1.54, 1.807) is 48.1 Å². The summed E-state index contributed by atoms with van der Waals surface area (Å²) in [7, 11) is 1.71. The van der Waals surface area contributed by atoms with Crippen molar-refractivity contribution in [2.24, 2.45) is 7.05 Å². The number of rotatable bonds is 3. The molecule has 0 fully saturated rings. The lowest BCUT2D eigenvalue weighted by Crippen LogP contribution is -2.24. The fraction of sp³-hybridized carbons (Fsp3) is 0.143. The van der Waals surface area contributed by atoms with Crippen LogP contribution in [0.15, 0.2) is 36.5 Å². The number of nitrogens with zero attached hydrogens (tertiary/aromatic N) is 1. The molecule has 1 aromatic heterocycles. The molecular weight excluding hydrogens is 260 g/mol. The van der Waals surface area contributed by atoms with Crippen LogP contribution in [0, 0.1) is 0 Å². The average molecular weight is 272 g/mol. The Morgan fingerprint density at radius 1 is 1.20 bits per heavy atom. The molecule has 1 aromatic carbocycles. The second kappa shape index (κ2) is 4.73. The molecular formula is C14H12N2O4. The van der Waals surface area contributed by atoms with Crippen molar-refractivity contribution in [1.29, 1.82) is 0 Å². The maximum Gasteiger partial charge on any atom is 0.298 e. The molecule has 0 atom stereocenters. The van der Waals surface area contributed by atoms with Gasteiger partial charge in [0.05, 0.1) is 5.69 Å². The zero-order valence-electron chi connectivity index (χ0n) is 10.8. The highest BCUT2D eigenvalue weighted by Crippen LogP contribution is 2.34. The molecule has 1 aliphatic rings. The van der Waals surface area contributed by atoms with Gasteiger partial charge < -0.3 is 19.4 Å². The minimum Gasteiger partial charge on any atom is -0.454 e. The van der Waals surface area contributed by atoms with Crippen LogP contribution in [0.4, 0.5) is 5.69 Å². The number of aromatic nitrogens is 1. The number of aryl methyl sites for hydroxylation is 1. The molecule has 0 saturated carbocycles. The van der Waals surface area contributed by atoms with E-state index in [4.69, 9.17) is 9.47 Å². The first-order chi connectivity index (χ1) is 9.65. The van der Waals surface area contributed by atoms with Crippen molar-refractivity contribution in [3.05, 3.63) is 42.2 Å². The third kappa shape index (κ3) is 2.11. The highest BCUT2D eigenvalue weighted by atomic mass is 16.7. The Bertz CT molecular complexity index is 690. The third-order valence-electron chi connectivity index (χ3n) is 3.01. The van der Waals surface area contributed by atoms with Crippen molar-refractivity contribution in [1.82, 2.24) is 4.57 Å². The largest absolute Gasteiger partial charge is 0.454 e. The number of nitrogens with one attached hydrogen (secondary N) is 1. The maximum atomic E-state index is 12.0. The number of anilines is 1. The lowest BCUT2D eigenvalue weighted by molar-refractivity contribution is -0.112. The summed E-state index contributed by atoms with van der Waals surface area (Å²) in [5.41, 5.74) is 0.824. The minimum atomic E-state index is -0.689. The van der Waals surface area contributed by atoms with Crippen molar-refractivity contribution in [3.8, 4) is 11.5 Å². The van der Waals surface area contributed by atoms with Gasteiger partial charge in [0.15, 0.2) is 11.5 Å². The Morgan fingerprint density at radius 2 is 2.00 bits per heavy atom. The molecule has 6 nitrogen and oxygen atoms in total. The van der Waals surface area contributed by atoms with Gasteiger partial charge in [0, 0.05) is 25.0 Å². The molecule has 0 unspecified atom stereocenters. The van der Waals surface area contributed by atoms with Crippen molar-refractivity contribution >= 4 is 17.4 Å². The zero-order chi connectivity index (χ0) is 14.1. The number of benzene rings is 1. The first-order valence-corrected chi connectivity index (χ1v) is 6.02. The standard InChI is InChI=1S/C14H12N2O4/c1-16-6-2-3-10(16)13(17)14(18)15-9-4-5-11-12(7-9)20-8-19-11/h2-7H,8H2,1H3,(H,15,18). The molecule has 2 heterocycles. The molecule has 1 aliphatic heterocycles. The summed E-state index contributed by atoms with van der Waals surface area (Å²) in [5, 5.41) is 2.55. The molecule has 0 radical (unpaired) electrons. The molecule has 6 heteroatoms. The van der Waals surface area contributed by atoms with Gasteiger partial charge in [-0.2, -0.15) is 0 Å². The first-order valence-electron chi connectivity index (χ1n) is 6.02. The van der Waals surface area contributed by atoms with Crippen molar-refractivity contribution < 1.29 is 19.1 Å². The summed E-state index contributed by atoms with van der Waals surface area (Å²) in [6.07, 6.45) is 1.71. The number of Topliss-reactive ketones (excluding diaryl/α,β-unsaturated/α-hetero) is 1. The van der Waals surface area contributed by atoms with Gasteiger partial charge in [-0.15, -0.1) is 0 Å². The summed E-state index contributed by atoms with van der Waals surface area (Å²) >= 11 is 0. The first kappa shape index (κ1) is 12.3. The van der Waals surface area contributed by atoms with E-state index in [2.05, 4.69) is 5.32 Å². The van der Waals surface area contributed by atoms with Gasteiger partial charge in [-0.25, -0.2) is 0 Å². The summed E-state index contributed by atoms with van der Waals surface area (Å²) in [6.45, 7) is 0.162. The van der Waals surface area contributed by atoms with Crippen LogP contribution in [0.3, 0.4) is 0 Å². The Balaban J connectivity index is 1.76. The second-order valence-electron chi connectivity index (χ2n) is 4.36. The van der Waals surface area contributed by atoms with Crippen LogP contribution in [0.1, 0.15) is 10.5 Å². The van der Waals surface area contributed by atoms with Gasteiger partial charge in [-0.3, -0.25) is 9.59 Å². The predicted octanol–water partition coefficient (Wildman–Crippen LogP) is 1.58. The Morgan fingerprint density at radius 3 is 2.75 bits per heavy atom. The molecule has 3 rings (SSSR count). The highest BCUT2D eigenvalue weighted by molar-refractivity contribution is 6.46. The van der Waals surface area contributed by atoms with E-state index in [-0.39, 0.29) is 6.79 Å². The Hall–Kier alpha value is -2.76. The second-order valence-corrected chi connectivity index (χ2v) is 4.36.